The molecule has 0 aromatic rings. The van der Waals surface area contributed by atoms with Crippen molar-refractivity contribution in [2.24, 2.45) is 0 Å². The molecule has 0 spiro atoms. The Bertz CT molecular complexity index is 162. The quantitative estimate of drug-likeness (QED) is 0.410. The van der Waals surface area contributed by atoms with Crippen LogP contribution in [0.2, 0.25) is 19.6 Å². The average Bonchev–Trinajstić information content (AvgIpc) is 2.25. The van der Waals surface area contributed by atoms with E-state index < -0.39 is 8.24 Å². The first-order valence-corrected chi connectivity index (χ1v) is 11.2. The molecule has 0 aromatic heterocycles. The van der Waals surface area contributed by atoms with Crippen LogP contribution in [-0.2, 0) is 0 Å². The van der Waals surface area contributed by atoms with Crippen molar-refractivity contribution in [1.82, 2.24) is 4.57 Å². The van der Waals surface area contributed by atoms with Crippen molar-refractivity contribution in [3.8, 4) is 0 Å². The van der Waals surface area contributed by atoms with Crippen LogP contribution in [0.25, 0.3) is 0 Å². The maximum Gasteiger partial charge on any atom is 1.00 e. The molecule has 0 aliphatic heterocycles. The summed E-state index contributed by atoms with van der Waals surface area (Å²) in [5, 5.41) is 0. The topological polar surface area (TPSA) is 3.24 Å². The second-order valence-electron chi connectivity index (χ2n) is 6.28. The van der Waals surface area contributed by atoms with Crippen LogP contribution in [0.5, 0.6) is 0 Å². The van der Waals surface area contributed by atoms with Gasteiger partial charge < -0.3 is 5.99 Å². The van der Waals surface area contributed by atoms with Gasteiger partial charge in [0.2, 0.25) is 0 Å². The van der Waals surface area contributed by atoms with E-state index in [2.05, 4.69) is 38.1 Å². The van der Waals surface area contributed by atoms with E-state index >= 15 is 0 Å². The van der Waals surface area contributed by atoms with Crippen LogP contribution in [0.15, 0.2) is 0 Å². The molecule has 0 bridgehead atoms. The van der Waals surface area contributed by atoms with Gasteiger partial charge in [-0.05, 0) is 25.9 Å². The third-order valence-electron chi connectivity index (χ3n) is 3.51. The average molecular weight is 265 g/mol. The molecule has 0 unspecified atom stereocenters. The third-order valence-corrected chi connectivity index (χ3v) is 5.86. The van der Waals surface area contributed by atoms with Crippen LogP contribution < -0.4 is 18.9 Å². The van der Waals surface area contributed by atoms with Gasteiger partial charge in [0.25, 0.3) is 0 Å². The summed E-state index contributed by atoms with van der Waals surface area (Å²) in [6.07, 6.45) is 11.2. The zero-order valence-corrected chi connectivity index (χ0v) is 15.0. The summed E-state index contributed by atoms with van der Waals surface area (Å²) < 4.78 is 2.82. The molecule has 106 valence electrons. The van der Waals surface area contributed by atoms with E-state index in [0.29, 0.717) is 0 Å². The van der Waals surface area contributed by atoms with Crippen molar-refractivity contribution in [2.75, 3.05) is 13.1 Å². The Balaban J connectivity index is -0.00000128. The molecule has 0 atom stereocenters. The van der Waals surface area contributed by atoms with Gasteiger partial charge >= 0.3 is 18.9 Å². The standard InChI is InChI=1S/C15H35NSi.Li.H/c1-6-8-10-12-14-16(17(3,4)5)15-13-11-9-7-2;;/h6-15H2,1-5H3;;/q;+1;-1. The van der Waals surface area contributed by atoms with Gasteiger partial charge in [-0.1, -0.05) is 72.0 Å². The Kier molecular flexibility index (Phi) is 15.0. The van der Waals surface area contributed by atoms with Gasteiger partial charge in [0.1, 0.15) is 8.24 Å². The van der Waals surface area contributed by atoms with Crippen molar-refractivity contribution in [1.29, 1.82) is 0 Å². The van der Waals surface area contributed by atoms with Crippen LogP contribution in [0.4, 0.5) is 0 Å². The molecule has 0 fully saturated rings. The molecule has 0 amide bonds. The van der Waals surface area contributed by atoms with E-state index in [4.69, 9.17) is 0 Å². The van der Waals surface area contributed by atoms with E-state index in [0.717, 1.165) is 0 Å². The number of hydrogen-bond donors (Lipinski definition) is 0. The molecule has 0 N–H and O–H groups in total. The van der Waals surface area contributed by atoms with Gasteiger partial charge in [-0.2, -0.15) is 0 Å². The van der Waals surface area contributed by atoms with Gasteiger partial charge in [0.15, 0.2) is 0 Å². The molecule has 18 heavy (non-hydrogen) atoms. The maximum atomic E-state index is 2.82. The first kappa shape index (κ1) is 21.1. The fraction of sp³-hybridized carbons (Fsp3) is 1.00. The fourth-order valence-corrected chi connectivity index (χ4v) is 3.90. The molecule has 3 heteroatoms. The summed E-state index contributed by atoms with van der Waals surface area (Å²) in [5.41, 5.74) is 0. The van der Waals surface area contributed by atoms with Crippen LogP contribution in [-0.4, -0.2) is 25.9 Å². The van der Waals surface area contributed by atoms with E-state index in [1.165, 1.54) is 64.5 Å². The molecule has 0 saturated heterocycles. The van der Waals surface area contributed by atoms with Crippen LogP contribution in [0, 0.1) is 0 Å². The van der Waals surface area contributed by atoms with Crippen molar-refractivity contribution >= 4 is 8.24 Å². The zero-order valence-electron chi connectivity index (χ0n) is 15.0. The molecule has 0 aliphatic rings. The molecule has 0 aliphatic carbocycles. The summed E-state index contributed by atoms with van der Waals surface area (Å²) in [4.78, 5) is 0. The van der Waals surface area contributed by atoms with Gasteiger partial charge in [-0.3, -0.25) is 0 Å². The van der Waals surface area contributed by atoms with Gasteiger partial charge in [-0.25, -0.2) is 0 Å². The Hall–Kier alpha value is 0.774. The molecule has 0 aromatic carbocycles. The van der Waals surface area contributed by atoms with Crippen molar-refractivity contribution in [3.05, 3.63) is 0 Å². The largest absolute Gasteiger partial charge is 1.00 e. The molecule has 0 heterocycles. The minimum atomic E-state index is -1.07. The minimum absolute atomic E-state index is 0. The third kappa shape index (κ3) is 11.8. The second-order valence-corrected chi connectivity index (χ2v) is 11.3. The summed E-state index contributed by atoms with van der Waals surface area (Å²) in [7, 11) is -1.07. The van der Waals surface area contributed by atoms with E-state index in [9.17, 15) is 0 Å². The zero-order chi connectivity index (χ0) is 13.1. The predicted octanol–water partition coefficient (Wildman–Crippen LogP) is 2.40. The van der Waals surface area contributed by atoms with Crippen molar-refractivity contribution < 1.29 is 20.3 Å². The van der Waals surface area contributed by atoms with Gasteiger partial charge in [-0.15, -0.1) is 0 Å². The molecule has 0 saturated carbocycles. The van der Waals surface area contributed by atoms with Crippen molar-refractivity contribution in [3.63, 3.8) is 0 Å². The second kappa shape index (κ2) is 12.8. The number of nitrogens with zero attached hydrogens (tertiary/aromatic N) is 1. The Morgan fingerprint density at radius 2 is 1.11 bits per heavy atom. The summed E-state index contributed by atoms with van der Waals surface area (Å²) >= 11 is 0. The van der Waals surface area contributed by atoms with E-state index in [1.54, 1.807) is 0 Å². The van der Waals surface area contributed by atoms with Gasteiger partial charge in [0, 0.05) is 0 Å². The molecule has 0 radical (unpaired) electrons. The smallest absolute Gasteiger partial charge is 1.00 e. The predicted molar refractivity (Wildman–Crippen MR) is 84.3 cm³/mol. The van der Waals surface area contributed by atoms with E-state index in [1.807, 2.05) is 0 Å². The van der Waals surface area contributed by atoms with Crippen LogP contribution in [0.3, 0.4) is 0 Å². The van der Waals surface area contributed by atoms with Crippen molar-refractivity contribution in [2.45, 2.75) is 84.9 Å². The normalized spacial score (nSPS) is 11.7. The monoisotopic (exact) mass is 265 g/mol. The van der Waals surface area contributed by atoms with Crippen LogP contribution >= 0.6 is 0 Å². The number of unbranched alkanes of at least 4 members (excludes halogenated alkanes) is 6. The fourth-order valence-electron chi connectivity index (χ4n) is 2.24. The number of rotatable bonds is 11. The van der Waals surface area contributed by atoms with Gasteiger partial charge in [0.05, 0.1) is 0 Å². The Labute approximate surface area is 131 Å². The van der Waals surface area contributed by atoms with E-state index in [-0.39, 0.29) is 20.3 Å². The first-order chi connectivity index (χ1) is 8.02. The van der Waals surface area contributed by atoms with Crippen LogP contribution in [0.1, 0.15) is 66.6 Å². The molecular weight excluding hydrogens is 229 g/mol. The first-order valence-electron chi connectivity index (χ1n) is 7.77. The minimum Gasteiger partial charge on any atom is -1.00 e. The SMILES string of the molecule is CCCCCCN(CCCCCC)[Si](C)(C)C.[H-].[Li+]. The Morgan fingerprint density at radius 3 is 1.39 bits per heavy atom. The summed E-state index contributed by atoms with van der Waals surface area (Å²) in [6.45, 7) is 14.8. The summed E-state index contributed by atoms with van der Waals surface area (Å²) in [5.74, 6) is 0. The Morgan fingerprint density at radius 1 is 0.722 bits per heavy atom. The molecule has 0 rings (SSSR count). The molecule has 1 nitrogen and oxygen atoms in total. The number of hydrogen-bond acceptors (Lipinski definition) is 1. The molecular formula is C15H36LiNSi. The maximum absolute atomic E-state index is 2.82. The summed E-state index contributed by atoms with van der Waals surface area (Å²) in [6, 6.07) is 0.